The number of hydrogen-bond acceptors (Lipinski definition) is 3. The van der Waals surface area contributed by atoms with Gasteiger partial charge in [-0.1, -0.05) is 48.5 Å². The van der Waals surface area contributed by atoms with E-state index in [2.05, 4.69) is 0 Å². The van der Waals surface area contributed by atoms with Crippen molar-refractivity contribution in [2.75, 3.05) is 12.3 Å². The minimum absolute atomic E-state index is 0.0567. The normalized spacial score (nSPS) is 12.8. The Hall–Kier alpha value is -2.80. The van der Waals surface area contributed by atoms with Gasteiger partial charge in [-0.15, -0.1) is 11.8 Å². The molecule has 0 unspecified atom stereocenters. The van der Waals surface area contributed by atoms with Gasteiger partial charge in [0.05, 0.1) is 5.75 Å². The zero-order chi connectivity index (χ0) is 19.9. The standard InChI is InChI=1S/C21H14F3NO2S/c22-21(23,24)11-25-18(26)10-28-17-9-8-13-12-4-1-2-5-14(12)20(27)16-7-3-6-15(17)19(13)16/h1-9H,10-11H2,(H,25,26). The maximum Gasteiger partial charge on any atom is 0.405 e. The Morgan fingerprint density at radius 3 is 2.36 bits per heavy atom. The van der Waals surface area contributed by atoms with Crippen LogP contribution in [0.15, 0.2) is 59.5 Å². The lowest BCUT2D eigenvalue weighted by molar-refractivity contribution is -0.136. The molecule has 0 spiro atoms. The second-order valence-electron chi connectivity index (χ2n) is 6.39. The molecule has 0 atom stereocenters. The van der Waals surface area contributed by atoms with Crippen LogP contribution in [0.3, 0.4) is 0 Å². The molecule has 0 aliphatic heterocycles. The van der Waals surface area contributed by atoms with Crippen LogP contribution in [0.25, 0.3) is 21.9 Å². The monoisotopic (exact) mass is 401 g/mol. The van der Waals surface area contributed by atoms with E-state index >= 15 is 0 Å². The predicted molar refractivity (Wildman–Crippen MR) is 103 cm³/mol. The summed E-state index contributed by atoms with van der Waals surface area (Å²) in [6.45, 7) is -1.35. The van der Waals surface area contributed by atoms with Gasteiger partial charge >= 0.3 is 6.18 Å². The Morgan fingerprint density at radius 2 is 1.61 bits per heavy atom. The Bertz CT molecular complexity index is 1110. The van der Waals surface area contributed by atoms with Crippen LogP contribution in [0.1, 0.15) is 15.9 Å². The molecule has 1 amide bonds. The fraction of sp³-hybridized carbons (Fsp3) is 0.143. The van der Waals surface area contributed by atoms with Crippen molar-refractivity contribution in [1.82, 2.24) is 5.32 Å². The number of ketones is 1. The van der Waals surface area contributed by atoms with E-state index in [1.165, 1.54) is 0 Å². The van der Waals surface area contributed by atoms with Gasteiger partial charge in [-0.05, 0) is 22.6 Å². The van der Waals surface area contributed by atoms with Crippen LogP contribution < -0.4 is 5.32 Å². The van der Waals surface area contributed by atoms with Crippen molar-refractivity contribution < 1.29 is 22.8 Å². The summed E-state index contributed by atoms with van der Waals surface area (Å²) in [5.41, 5.74) is 3.03. The lowest BCUT2D eigenvalue weighted by Crippen LogP contribution is -2.34. The molecule has 1 aliphatic rings. The van der Waals surface area contributed by atoms with E-state index in [1.54, 1.807) is 18.2 Å². The molecule has 3 nitrogen and oxygen atoms in total. The van der Waals surface area contributed by atoms with E-state index in [9.17, 15) is 22.8 Å². The molecule has 0 bridgehead atoms. The first-order valence-corrected chi connectivity index (χ1v) is 9.50. The number of benzene rings is 3. The number of hydrogen-bond donors (Lipinski definition) is 1. The molecule has 0 heterocycles. The molecule has 3 aromatic rings. The van der Waals surface area contributed by atoms with E-state index in [0.717, 1.165) is 38.6 Å². The molecule has 0 saturated carbocycles. The van der Waals surface area contributed by atoms with Gasteiger partial charge < -0.3 is 5.32 Å². The van der Waals surface area contributed by atoms with Crippen molar-refractivity contribution in [1.29, 1.82) is 0 Å². The number of carbonyl (C=O) groups is 2. The number of amides is 1. The van der Waals surface area contributed by atoms with Gasteiger partial charge in [-0.3, -0.25) is 9.59 Å². The minimum Gasteiger partial charge on any atom is -0.346 e. The molecular weight excluding hydrogens is 387 g/mol. The molecule has 142 valence electrons. The molecule has 0 fully saturated rings. The highest BCUT2D eigenvalue weighted by atomic mass is 32.2. The number of halogens is 3. The highest BCUT2D eigenvalue weighted by Crippen LogP contribution is 2.42. The summed E-state index contributed by atoms with van der Waals surface area (Å²) in [6, 6.07) is 16.5. The number of carbonyl (C=O) groups excluding carboxylic acids is 2. The molecular formula is C21H14F3NO2S. The molecule has 0 aromatic heterocycles. The van der Waals surface area contributed by atoms with E-state index in [1.807, 2.05) is 41.7 Å². The van der Waals surface area contributed by atoms with E-state index in [4.69, 9.17) is 0 Å². The molecule has 7 heteroatoms. The molecule has 3 aromatic carbocycles. The zero-order valence-corrected chi connectivity index (χ0v) is 15.3. The smallest absolute Gasteiger partial charge is 0.346 e. The van der Waals surface area contributed by atoms with Crippen LogP contribution in [0.4, 0.5) is 13.2 Å². The third kappa shape index (κ3) is 3.38. The molecule has 1 N–H and O–H groups in total. The largest absolute Gasteiger partial charge is 0.405 e. The summed E-state index contributed by atoms with van der Waals surface area (Å²) in [5.74, 6) is -0.887. The highest BCUT2D eigenvalue weighted by molar-refractivity contribution is 8.00. The van der Waals surface area contributed by atoms with Gasteiger partial charge in [0, 0.05) is 21.4 Å². The van der Waals surface area contributed by atoms with Gasteiger partial charge in [0.15, 0.2) is 5.78 Å². The Morgan fingerprint density at radius 1 is 0.893 bits per heavy atom. The average Bonchev–Trinajstić information content (AvgIpc) is 2.68. The summed E-state index contributed by atoms with van der Waals surface area (Å²) < 4.78 is 36.7. The van der Waals surface area contributed by atoms with Gasteiger partial charge in [0.1, 0.15) is 6.54 Å². The van der Waals surface area contributed by atoms with Gasteiger partial charge in [-0.2, -0.15) is 13.2 Å². The van der Waals surface area contributed by atoms with Gasteiger partial charge in [-0.25, -0.2) is 0 Å². The van der Waals surface area contributed by atoms with Gasteiger partial charge in [0.25, 0.3) is 0 Å². The third-order valence-electron chi connectivity index (χ3n) is 4.55. The summed E-state index contributed by atoms with van der Waals surface area (Å²) in [5, 5.41) is 3.49. The highest BCUT2D eigenvalue weighted by Gasteiger charge is 2.28. The summed E-state index contributed by atoms with van der Waals surface area (Å²) in [7, 11) is 0. The van der Waals surface area contributed by atoms with Gasteiger partial charge in [0.2, 0.25) is 5.91 Å². The van der Waals surface area contributed by atoms with E-state index in [-0.39, 0.29) is 11.5 Å². The van der Waals surface area contributed by atoms with E-state index < -0.39 is 18.6 Å². The second-order valence-corrected chi connectivity index (χ2v) is 7.41. The molecule has 0 saturated heterocycles. The summed E-state index contributed by atoms with van der Waals surface area (Å²) in [6.07, 6.45) is -4.44. The van der Waals surface area contributed by atoms with Crippen molar-refractivity contribution in [3.63, 3.8) is 0 Å². The number of nitrogens with one attached hydrogen (secondary N) is 1. The average molecular weight is 401 g/mol. The number of fused-ring (bicyclic) bond motifs is 2. The van der Waals surface area contributed by atoms with Crippen molar-refractivity contribution in [2.24, 2.45) is 0 Å². The SMILES string of the molecule is O=C(CSc1ccc2c3c(cccc13)C(=O)c1ccccc1-2)NCC(F)(F)F. The lowest BCUT2D eigenvalue weighted by atomic mass is 9.83. The van der Waals surface area contributed by atoms with Crippen LogP contribution in [-0.4, -0.2) is 30.2 Å². The predicted octanol–water partition coefficient (Wildman–Crippen LogP) is 4.82. The van der Waals surface area contributed by atoms with Crippen LogP contribution in [0.5, 0.6) is 0 Å². The van der Waals surface area contributed by atoms with Crippen LogP contribution in [0, 0.1) is 0 Å². The Labute approximate surface area is 162 Å². The number of thioether (sulfide) groups is 1. The van der Waals surface area contributed by atoms with Crippen molar-refractivity contribution >= 4 is 34.2 Å². The number of rotatable bonds is 4. The fourth-order valence-corrected chi connectivity index (χ4v) is 4.25. The molecule has 0 radical (unpaired) electrons. The minimum atomic E-state index is -4.44. The quantitative estimate of drug-likeness (QED) is 0.499. The maximum absolute atomic E-state index is 12.9. The lowest BCUT2D eigenvalue weighted by Gasteiger charge is -2.21. The molecule has 1 aliphatic carbocycles. The van der Waals surface area contributed by atoms with Crippen LogP contribution in [0.2, 0.25) is 0 Å². The zero-order valence-electron chi connectivity index (χ0n) is 14.5. The maximum atomic E-state index is 12.9. The van der Waals surface area contributed by atoms with E-state index in [0.29, 0.717) is 11.1 Å². The topological polar surface area (TPSA) is 46.2 Å². The van der Waals surface area contributed by atoms with Crippen LogP contribution in [-0.2, 0) is 4.79 Å². The van der Waals surface area contributed by atoms with Crippen LogP contribution >= 0.6 is 11.8 Å². The second kappa shape index (κ2) is 6.98. The first kappa shape index (κ1) is 18.6. The first-order chi connectivity index (χ1) is 13.3. The summed E-state index contributed by atoms with van der Waals surface area (Å²) >= 11 is 1.15. The Balaban J connectivity index is 1.68. The summed E-state index contributed by atoms with van der Waals surface area (Å²) in [4.78, 5) is 25.3. The van der Waals surface area contributed by atoms with Crippen molar-refractivity contribution in [3.8, 4) is 11.1 Å². The number of alkyl halides is 3. The van der Waals surface area contributed by atoms with Crippen molar-refractivity contribution in [2.45, 2.75) is 11.1 Å². The first-order valence-electron chi connectivity index (χ1n) is 8.51. The molecule has 4 rings (SSSR count). The third-order valence-corrected chi connectivity index (χ3v) is 5.63. The van der Waals surface area contributed by atoms with Crippen molar-refractivity contribution in [3.05, 3.63) is 65.7 Å². The Kier molecular flexibility index (Phi) is 4.63. The fourth-order valence-electron chi connectivity index (χ4n) is 3.37. The molecule has 28 heavy (non-hydrogen) atoms.